The zero-order chi connectivity index (χ0) is 28.3. The third kappa shape index (κ3) is 4.17. The van der Waals surface area contributed by atoms with Gasteiger partial charge in [-0.15, -0.1) is 4.31 Å². The maximum absolute atomic E-state index is 14.6. The van der Waals surface area contributed by atoms with E-state index in [4.69, 9.17) is 0 Å². The van der Waals surface area contributed by atoms with Crippen LogP contribution >= 0.6 is 0 Å². The quantitative estimate of drug-likeness (QED) is 0.456. The second-order valence-corrected chi connectivity index (χ2v) is 16.2. The van der Waals surface area contributed by atoms with Crippen molar-refractivity contribution in [1.82, 2.24) is 4.31 Å². The third-order valence-corrected chi connectivity index (χ3v) is 13.3. The number of piperidine rings is 1. The molecule has 0 amide bonds. The van der Waals surface area contributed by atoms with Crippen LogP contribution in [0.5, 0.6) is 0 Å². The predicted molar refractivity (Wildman–Crippen MR) is 148 cm³/mol. The molecule has 2 aliphatic heterocycles. The number of rotatable bonds is 7. The van der Waals surface area contributed by atoms with E-state index in [1.165, 1.54) is 4.31 Å². The first-order valence-corrected chi connectivity index (χ1v) is 16.3. The van der Waals surface area contributed by atoms with E-state index in [2.05, 4.69) is 0 Å². The Morgan fingerprint density at radius 3 is 1.76 bits per heavy atom. The van der Waals surface area contributed by atoms with Gasteiger partial charge in [0.05, 0.1) is 15.7 Å². The van der Waals surface area contributed by atoms with Crippen molar-refractivity contribution in [1.29, 1.82) is 0 Å². The molecule has 2 saturated heterocycles. The van der Waals surface area contributed by atoms with Gasteiger partial charge in [-0.3, -0.25) is 4.79 Å². The van der Waals surface area contributed by atoms with Crippen LogP contribution in [0.3, 0.4) is 0 Å². The maximum atomic E-state index is 14.6. The van der Waals surface area contributed by atoms with Crippen LogP contribution in [-0.2, 0) is 24.8 Å². The molecule has 7 nitrogen and oxygen atoms in total. The van der Waals surface area contributed by atoms with E-state index in [1.807, 2.05) is 48.5 Å². The van der Waals surface area contributed by atoms with Crippen molar-refractivity contribution in [3.63, 3.8) is 0 Å². The van der Waals surface area contributed by atoms with E-state index in [-0.39, 0.29) is 53.7 Å². The average molecular weight is 562 g/mol. The van der Waals surface area contributed by atoms with Gasteiger partial charge < -0.3 is 0 Å². The molecular formula is C29H41N2O5S2+. The van der Waals surface area contributed by atoms with E-state index in [9.17, 15) is 21.6 Å². The lowest BCUT2D eigenvalue weighted by atomic mass is 9.56. The molecule has 208 valence electrons. The highest BCUT2D eigenvalue weighted by atomic mass is 32.2. The van der Waals surface area contributed by atoms with Crippen LogP contribution in [0.2, 0.25) is 0 Å². The minimum atomic E-state index is -4.08. The monoisotopic (exact) mass is 561 g/mol. The van der Waals surface area contributed by atoms with Crippen LogP contribution in [0.1, 0.15) is 52.2 Å². The summed E-state index contributed by atoms with van der Waals surface area (Å²) in [5.41, 5.74) is -0.180. The zero-order valence-electron chi connectivity index (χ0n) is 23.6. The molecule has 0 radical (unpaired) electrons. The number of nitrogens with zero attached hydrogens (tertiary/aromatic N) is 2. The highest BCUT2D eigenvalue weighted by Gasteiger charge is 2.70. The topological polar surface area (TPSA) is 88.6 Å². The van der Waals surface area contributed by atoms with E-state index in [1.54, 1.807) is 48.5 Å². The Labute approximate surface area is 228 Å². The number of carbonyl (C=O) groups is 1. The molecule has 38 heavy (non-hydrogen) atoms. The van der Waals surface area contributed by atoms with Crippen molar-refractivity contribution in [2.24, 2.45) is 22.7 Å². The smallest absolute Gasteiger partial charge is 0.298 e. The van der Waals surface area contributed by atoms with Gasteiger partial charge in [-0.2, -0.15) is 12.3 Å². The maximum Gasteiger partial charge on any atom is 0.328 e. The van der Waals surface area contributed by atoms with Gasteiger partial charge >= 0.3 is 10.0 Å². The highest BCUT2D eigenvalue weighted by Crippen LogP contribution is 2.55. The fraction of sp³-hybridized carbons (Fsp3) is 0.552. The van der Waals surface area contributed by atoms with Gasteiger partial charge in [0.1, 0.15) is 18.0 Å². The molecule has 3 atom stereocenters. The van der Waals surface area contributed by atoms with Crippen LogP contribution < -0.4 is 0 Å². The van der Waals surface area contributed by atoms with Crippen LogP contribution in [0.4, 0.5) is 0 Å². The summed E-state index contributed by atoms with van der Waals surface area (Å²) >= 11 is 0. The molecule has 9 heteroatoms. The van der Waals surface area contributed by atoms with Crippen LogP contribution in [0.15, 0.2) is 58.3 Å². The Balaban J connectivity index is 2.00. The molecule has 2 aromatic rings. The molecule has 2 heterocycles. The summed E-state index contributed by atoms with van der Waals surface area (Å²) in [7, 11) is -8.15. The molecule has 3 unspecified atom stereocenters. The summed E-state index contributed by atoms with van der Waals surface area (Å²) in [6, 6.07) is 13.3. The van der Waals surface area contributed by atoms with Gasteiger partial charge in [-0.1, -0.05) is 70.0 Å². The number of hydrogen-bond acceptors (Lipinski definition) is 5. The Bertz CT molecular complexity index is 1430. The van der Waals surface area contributed by atoms with E-state index in [0.29, 0.717) is 6.42 Å². The van der Waals surface area contributed by atoms with Crippen molar-refractivity contribution in [2.75, 3.05) is 26.3 Å². The van der Waals surface area contributed by atoms with Crippen molar-refractivity contribution in [3.05, 3.63) is 59.7 Å². The van der Waals surface area contributed by atoms with Crippen LogP contribution in [-0.4, -0.2) is 57.1 Å². The van der Waals surface area contributed by atoms with Gasteiger partial charge in [0.25, 0.3) is 0 Å². The fourth-order valence-electron chi connectivity index (χ4n) is 6.55. The number of fused-ring (bicyclic) bond motifs is 2. The second kappa shape index (κ2) is 9.54. The lowest BCUT2D eigenvalue weighted by Crippen LogP contribution is -2.79. The highest BCUT2D eigenvalue weighted by molar-refractivity contribution is 7.89. The van der Waals surface area contributed by atoms with Gasteiger partial charge in [-0.05, 0) is 56.4 Å². The van der Waals surface area contributed by atoms with Crippen molar-refractivity contribution in [3.8, 4) is 0 Å². The number of Topliss-reactive ketones (excluding diaryl/α,β-unsaturated/α-hetero) is 1. The summed E-state index contributed by atoms with van der Waals surface area (Å²) in [5, 5.41) is 0. The average Bonchev–Trinajstić information content (AvgIpc) is 2.86. The molecule has 2 aromatic carbocycles. The first-order valence-electron chi connectivity index (χ1n) is 13.4. The zero-order valence-corrected chi connectivity index (χ0v) is 25.2. The molecule has 0 spiro atoms. The van der Waals surface area contributed by atoms with Crippen molar-refractivity contribution < 1.29 is 25.5 Å². The molecule has 2 fully saturated rings. The van der Waals surface area contributed by atoms with Crippen molar-refractivity contribution in [2.45, 2.75) is 64.7 Å². The fourth-order valence-corrected chi connectivity index (χ4v) is 10.2. The number of benzene rings is 2. The normalized spacial score (nSPS) is 28.7. The third-order valence-electron chi connectivity index (χ3n) is 9.25. The van der Waals surface area contributed by atoms with Gasteiger partial charge in [0, 0.05) is 6.54 Å². The SMILES string of the molecule is CCC1(C(C)C)C[N+]2(S(=O)(=O)c3ccc(C)cc3)CN(S(=O)(=O)c3ccc(C)cc3)CC(C(C)C)(C2)C1=O. The van der Waals surface area contributed by atoms with Gasteiger partial charge in [0.15, 0.2) is 12.5 Å². The molecule has 0 saturated carbocycles. The molecule has 2 bridgehead atoms. The summed E-state index contributed by atoms with van der Waals surface area (Å²) in [5.74, 6) is -0.375. The van der Waals surface area contributed by atoms with Gasteiger partial charge in [-0.25, -0.2) is 8.42 Å². The number of quaternary nitrogens is 1. The Morgan fingerprint density at radius 2 is 1.32 bits per heavy atom. The molecule has 4 rings (SSSR count). The molecule has 0 aliphatic carbocycles. The van der Waals surface area contributed by atoms with E-state index >= 15 is 0 Å². The van der Waals surface area contributed by atoms with Crippen LogP contribution in [0, 0.1) is 36.5 Å². The lowest BCUT2D eigenvalue weighted by Gasteiger charge is -2.61. The Kier molecular flexibility index (Phi) is 7.26. The standard InChI is InChI=1S/C29H41N2O5S2/c1-8-28(21(2)3)18-31(38(35,36)26-15-11-24(7)12-16-26)19-29(22(4)5,27(28)32)17-30(20-31)37(33,34)25-13-9-23(6)10-14-25/h9-16,21-22H,8,17-20H2,1-7H3/q+1. The molecule has 2 aliphatic rings. The second-order valence-electron chi connectivity index (χ2n) is 12.0. The molecule has 0 N–H and O–H groups in total. The van der Waals surface area contributed by atoms with Crippen molar-refractivity contribution >= 4 is 25.8 Å². The minimum Gasteiger partial charge on any atom is -0.298 e. The summed E-state index contributed by atoms with van der Waals surface area (Å²) < 4.78 is 58.1. The number of ketones is 1. The lowest BCUT2D eigenvalue weighted by molar-refractivity contribution is -0.842. The van der Waals surface area contributed by atoms with Crippen LogP contribution in [0.25, 0.3) is 0 Å². The Morgan fingerprint density at radius 1 is 0.816 bits per heavy atom. The number of carbonyl (C=O) groups excluding carboxylic acids is 1. The summed E-state index contributed by atoms with van der Waals surface area (Å²) in [6.45, 7) is 13.4. The van der Waals surface area contributed by atoms with E-state index in [0.717, 1.165) is 11.1 Å². The summed E-state index contributed by atoms with van der Waals surface area (Å²) in [6.07, 6.45) is 0.492. The Hall–Kier alpha value is -2.07. The first-order chi connectivity index (χ1) is 17.6. The predicted octanol–water partition coefficient (Wildman–Crippen LogP) is 4.75. The largest absolute Gasteiger partial charge is 0.328 e. The first kappa shape index (κ1) is 28.9. The molecular weight excluding hydrogens is 520 g/mol. The number of sulfonamides is 2. The molecule has 0 aromatic heterocycles. The van der Waals surface area contributed by atoms with Gasteiger partial charge in [0.2, 0.25) is 10.0 Å². The van der Waals surface area contributed by atoms with E-state index < -0.39 is 34.8 Å². The number of hydrogen-bond donors (Lipinski definition) is 0. The number of aryl methyl sites for hydroxylation is 2. The minimum absolute atomic E-state index is 0.00541. The summed E-state index contributed by atoms with van der Waals surface area (Å²) in [4.78, 5) is 14.8.